The van der Waals surface area contributed by atoms with Crippen molar-refractivity contribution < 1.29 is 13.9 Å². The van der Waals surface area contributed by atoms with Crippen molar-refractivity contribution >= 4 is 17.6 Å². The van der Waals surface area contributed by atoms with Gasteiger partial charge in [0.15, 0.2) is 0 Å². The van der Waals surface area contributed by atoms with Crippen LogP contribution in [0.3, 0.4) is 0 Å². The first kappa shape index (κ1) is 19.7. The Bertz CT molecular complexity index is 679. The smallest absolute Gasteiger partial charge is 0.306 e. The Morgan fingerprint density at radius 3 is 2.76 bits per heavy atom. The van der Waals surface area contributed by atoms with Crippen LogP contribution in [-0.2, 0) is 16.0 Å². The van der Waals surface area contributed by atoms with Crippen molar-refractivity contribution in [3.63, 3.8) is 0 Å². The minimum Gasteiger partial charge on any atom is -0.460 e. The van der Waals surface area contributed by atoms with Crippen LogP contribution in [0.4, 0.5) is 4.39 Å². The highest BCUT2D eigenvalue weighted by Crippen LogP contribution is 2.34. The molecule has 1 aromatic rings. The molecule has 25 heavy (non-hydrogen) atoms. The molecule has 1 fully saturated rings. The summed E-state index contributed by atoms with van der Waals surface area (Å²) in [5.74, 6) is -0.156. The van der Waals surface area contributed by atoms with Crippen molar-refractivity contribution in [1.82, 2.24) is 4.98 Å². The molecule has 0 saturated heterocycles. The van der Waals surface area contributed by atoms with Crippen LogP contribution < -0.4 is 0 Å². The van der Waals surface area contributed by atoms with Crippen molar-refractivity contribution in [2.75, 3.05) is 0 Å². The van der Waals surface area contributed by atoms with Gasteiger partial charge in [0.1, 0.15) is 22.6 Å². The standard InChI is InChI=1S/C19H24ClFN2O2/c1-19(2,3)25-17(24)9-13-6-4-5-12(7-13)8-16-15(21)10-14(11-22)18(20)23-16/h10,12-13H,4-9H2,1-3H3/t12-,13+/m1/s1. The zero-order valence-electron chi connectivity index (χ0n) is 14.9. The lowest BCUT2D eigenvalue weighted by atomic mass is 9.78. The molecule has 0 aromatic carbocycles. The van der Waals surface area contributed by atoms with E-state index in [1.54, 1.807) is 0 Å². The van der Waals surface area contributed by atoms with Crippen molar-refractivity contribution in [2.45, 2.75) is 64.9 Å². The summed E-state index contributed by atoms with van der Waals surface area (Å²) in [6, 6.07) is 2.97. The highest BCUT2D eigenvalue weighted by Gasteiger charge is 2.27. The molecular weight excluding hydrogens is 343 g/mol. The second kappa shape index (κ2) is 8.14. The number of aromatic nitrogens is 1. The Morgan fingerprint density at radius 2 is 2.12 bits per heavy atom. The topological polar surface area (TPSA) is 63.0 Å². The summed E-state index contributed by atoms with van der Waals surface area (Å²) in [7, 11) is 0. The highest BCUT2D eigenvalue weighted by atomic mass is 35.5. The molecule has 0 aliphatic heterocycles. The molecule has 136 valence electrons. The SMILES string of the molecule is CC(C)(C)OC(=O)C[C@H]1CCC[C@@H](Cc2nc(Cl)c(C#N)cc2F)C1. The van der Waals surface area contributed by atoms with E-state index in [0.717, 1.165) is 31.7 Å². The first-order chi connectivity index (χ1) is 11.7. The van der Waals surface area contributed by atoms with Gasteiger partial charge < -0.3 is 4.74 Å². The molecular formula is C19H24ClFN2O2. The molecule has 0 bridgehead atoms. The number of carbonyl (C=O) groups is 1. The number of pyridine rings is 1. The van der Waals surface area contributed by atoms with E-state index in [-0.39, 0.29) is 28.5 Å². The summed E-state index contributed by atoms with van der Waals surface area (Å²) in [6.45, 7) is 5.58. The lowest BCUT2D eigenvalue weighted by molar-refractivity contribution is -0.156. The monoisotopic (exact) mass is 366 g/mol. The number of esters is 1. The van der Waals surface area contributed by atoms with Crippen LogP contribution in [0.1, 0.15) is 64.1 Å². The fraction of sp³-hybridized carbons (Fsp3) is 0.632. The predicted octanol–water partition coefficient (Wildman–Crippen LogP) is 4.83. The molecule has 1 aromatic heterocycles. The lowest BCUT2D eigenvalue weighted by Gasteiger charge is -2.29. The Hall–Kier alpha value is -1.67. The fourth-order valence-electron chi connectivity index (χ4n) is 3.39. The van der Waals surface area contributed by atoms with Gasteiger partial charge in [0.25, 0.3) is 0 Å². The van der Waals surface area contributed by atoms with E-state index in [2.05, 4.69) is 4.98 Å². The van der Waals surface area contributed by atoms with Crippen LogP contribution in [0, 0.1) is 29.0 Å². The average molecular weight is 367 g/mol. The molecule has 1 saturated carbocycles. The van der Waals surface area contributed by atoms with Gasteiger partial charge in [-0.3, -0.25) is 4.79 Å². The molecule has 4 nitrogen and oxygen atoms in total. The molecule has 0 radical (unpaired) electrons. The molecule has 0 spiro atoms. The summed E-state index contributed by atoms with van der Waals surface area (Å²) < 4.78 is 19.5. The molecule has 6 heteroatoms. The second-order valence-corrected chi connectivity index (χ2v) is 8.12. The maximum Gasteiger partial charge on any atom is 0.306 e. The van der Waals surface area contributed by atoms with Crippen molar-refractivity contribution in [3.05, 3.63) is 28.3 Å². The maximum absolute atomic E-state index is 14.1. The van der Waals surface area contributed by atoms with Gasteiger partial charge in [-0.2, -0.15) is 5.26 Å². The largest absolute Gasteiger partial charge is 0.460 e. The van der Waals surface area contributed by atoms with E-state index < -0.39 is 11.4 Å². The van der Waals surface area contributed by atoms with E-state index in [0.29, 0.717) is 18.5 Å². The van der Waals surface area contributed by atoms with Crippen LogP contribution in [0.2, 0.25) is 5.15 Å². The molecule has 1 aliphatic rings. The van der Waals surface area contributed by atoms with Crippen LogP contribution in [-0.4, -0.2) is 16.6 Å². The van der Waals surface area contributed by atoms with Gasteiger partial charge in [0.2, 0.25) is 0 Å². The number of nitrogens with zero attached hydrogens (tertiary/aromatic N) is 2. The normalized spacial score (nSPS) is 20.8. The molecule has 2 rings (SSSR count). The number of halogens is 2. The molecule has 0 amide bonds. The average Bonchev–Trinajstić information content (AvgIpc) is 2.49. The fourth-order valence-corrected chi connectivity index (χ4v) is 3.59. The molecule has 0 N–H and O–H groups in total. The highest BCUT2D eigenvalue weighted by molar-refractivity contribution is 6.30. The number of carbonyl (C=O) groups excluding carboxylic acids is 1. The summed E-state index contributed by atoms with van der Waals surface area (Å²) in [4.78, 5) is 16.1. The number of ether oxygens (including phenoxy) is 1. The summed E-state index contributed by atoms with van der Waals surface area (Å²) in [5.41, 5.74) is -0.126. The van der Waals surface area contributed by atoms with Gasteiger partial charge in [-0.1, -0.05) is 24.4 Å². The van der Waals surface area contributed by atoms with E-state index in [1.165, 1.54) is 0 Å². The van der Waals surface area contributed by atoms with E-state index in [4.69, 9.17) is 21.6 Å². The predicted molar refractivity (Wildman–Crippen MR) is 93.5 cm³/mol. The van der Waals surface area contributed by atoms with E-state index in [9.17, 15) is 9.18 Å². The van der Waals surface area contributed by atoms with Crippen LogP contribution in [0.15, 0.2) is 6.07 Å². The Morgan fingerprint density at radius 1 is 1.44 bits per heavy atom. The number of nitriles is 1. The molecule has 1 aliphatic carbocycles. The van der Waals surface area contributed by atoms with Crippen LogP contribution >= 0.6 is 11.6 Å². The third-order valence-electron chi connectivity index (χ3n) is 4.37. The van der Waals surface area contributed by atoms with E-state index >= 15 is 0 Å². The first-order valence-corrected chi connectivity index (χ1v) is 9.02. The van der Waals surface area contributed by atoms with Crippen molar-refractivity contribution in [1.29, 1.82) is 5.26 Å². The van der Waals surface area contributed by atoms with E-state index in [1.807, 2.05) is 26.8 Å². The minimum absolute atomic E-state index is 0.0417. The summed E-state index contributed by atoms with van der Waals surface area (Å²) in [6.07, 6.45) is 4.69. The number of hydrogen-bond acceptors (Lipinski definition) is 4. The molecule has 0 unspecified atom stereocenters. The summed E-state index contributed by atoms with van der Waals surface area (Å²) in [5, 5.41) is 8.91. The zero-order valence-corrected chi connectivity index (χ0v) is 15.7. The Kier molecular flexibility index (Phi) is 6.40. The zero-order chi connectivity index (χ0) is 18.6. The quantitative estimate of drug-likeness (QED) is 0.565. The van der Waals surface area contributed by atoms with Crippen LogP contribution in [0.5, 0.6) is 0 Å². The van der Waals surface area contributed by atoms with Crippen molar-refractivity contribution in [3.8, 4) is 6.07 Å². The Labute approximate surface area is 153 Å². The molecule has 1 heterocycles. The van der Waals surface area contributed by atoms with Gasteiger partial charge in [-0.15, -0.1) is 0 Å². The van der Waals surface area contributed by atoms with Crippen LogP contribution in [0.25, 0.3) is 0 Å². The number of rotatable bonds is 4. The lowest BCUT2D eigenvalue weighted by Crippen LogP contribution is -2.27. The number of hydrogen-bond donors (Lipinski definition) is 0. The summed E-state index contributed by atoms with van der Waals surface area (Å²) >= 11 is 5.92. The third kappa shape index (κ3) is 5.97. The second-order valence-electron chi connectivity index (χ2n) is 7.76. The maximum atomic E-state index is 14.1. The van der Waals surface area contributed by atoms with Crippen molar-refractivity contribution in [2.24, 2.45) is 11.8 Å². The molecule has 2 atom stereocenters. The van der Waals surface area contributed by atoms with Gasteiger partial charge >= 0.3 is 5.97 Å². The third-order valence-corrected chi connectivity index (χ3v) is 4.66. The van der Waals surface area contributed by atoms with Gasteiger partial charge in [0, 0.05) is 6.42 Å². The van der Waals surface area contributed by atoms with Gasteiger partial charge in [-0.25, -0.2) is 9.37 Å². The van der Waals surface area contributed by atoms with Gasteiger partial charge in [0.05, 0.1) is 11.3 Å². The first-order valence-electron chi connectivity index (χ1n) is 8.65. The minimum atomic E-state index is -0.491. The Balaban J connectivity index is 1.97. The van der Waals surface area contributed by atoms with Gasteiger partial charge in [-0.05, 0) is 57.9 Å².